The summed E-state index contributed by atoms with van der Waals surface area (Å²) in [5.74, 6) is -1.28. The molecule has 0 saturated carbocycles. The molecular formula is C8H7Br2NO5S. The molecule has 17 heavy (non-hydrogen) atoms. The molecule has 0 fully saturated rings. The second-order valence-corrected chi connectivity index (χ2v) is 6.23. The Kier molecular flexibility index (Phi) is 5.07. The van der Waals surface area contributed by atoms with E-state index in [2.05, 4.69) is 36.7 Å². The maximum absolute atomic E-state index is 11.7. The van der Waals surface area contributed by atoms with E-state index >= 15 is 0 Å². The lowest BCUT2D eigenvalue weighted by Crippen LogP contribution is -2.27. The third kappa shape index (κ3) is 4.36. The minimum absolute atomic E-state index is 0.0581. The number of carbonyl (C=O) groups is 1. The highest BCUT2D eigenvalue weighted by Gasteiger charge is 2.18. The molecule has 0 aliphatic heterocycles. The molecule has 1 rings (SSSR count). The average molecular weight is 389 g/mol. The Balaban J connectivity index is 2.89. The Morgan fingerprint density at radius 2 is 2.06 bits per heavy atom. The van der Waals surface area contributed by atoms with E-state index in [1.54, 1.807) is 11.0 Å². The first-order valence-electron chi connectivity index (χ1n) is 4.13. The molecule has 6 nitrogen and oxygen atoms in total. The number of carboxylic acid groups (broad SMARTS) is 1. The van der Waals surface area contributed by atoms with E-state index in [1.165, 1.54) is 12.1 Å². The molecule has 94 valence electrons. The number of hydrogen-bond acceptors (Lipinski definition) is 4. The summed E-state index contributed by atoms with van der Waals surface area (Å²) in [6, 6.07) is 4.55. The predicted molar refractivity (Wildman–Crippen MR) is 65.8 cm³/mol. The number of nitrogens with one attached hydrogen (secondary N) is 1. The molecule has 1 aromatic rings. The summed E-state index contributed by atoms with van der Waals surface area (Å²) in [6.45, 7) is -0.759. The molecule has 0 aromatic heterocycles. The second-order valence-electron chi connectivity index (χ2n) is 2.84. The fourth-order valence-electron chi connectivity index (χ4n) is 0.897. The van der Waals surface area contributed by atoms with Gasteiger partial charge in [-0.25, -0.2) is 13.2 Å². The fraction of sp³-hybridized carbons (Fsp3) is 0.125. The minimum Gasteiger partial charge on any atom is -0.479 e. The Bertz CT molecular complexity index is 531. The van der Waals surface area contributed by atoms with Crippen LogP contribution in [0.3, 0.4) is 0 Å². The van der Waals surface area contributed by atoms with Gasteiger partial charge in [-0.1, -0.05) is 20.8 Å². The van der Waals surface area contributed by atoms with Crippen LogP contribution in [-0.2, 0) is 19.7 Å². The first-order chi connectivity index (χ1) is 7.83. The molecule has 2 N–H and O–H groups in total. The van der Waals surface area contributed by atoms with E-state index in [4.69, 9.17) is 5.11 Å². The second kappa shape index (κ2) is 5.91. The monoisotopic (exact) mass is 387 g/mol. The Hall–Kier alpha value is -0.480. The SMILES string of the molecule is O=C(O)CONS(=O)(=O)c1cc(Br)ccc1Br. The quantitative estimate of drug-likeness (QED) is 0.745. The summed E-state index contributed by atoms with van der Waals surface area (Å²) in [6.07, 6.45) is 0. The molecule has 0 aliphatic rings. The van der Waals surface area contributed by atoms with Crippen LogP contribution in [0.1, 0.15) is 0 Å². The highest BCUT2D eigenvalue weighted by Crippen LogP contribution is 2.25. The van der Waals surface area contributed by atoms with E-state index in [0.29, 0.717) is 8.95 Å². The first-order valence-corrected chi connectivity index (χ1v) is 7.20. The number of aliphatic carboxylic acids is 1. The maximum Gasteiger partial charge on any atom is 0.331 e. The summed E-state index contributed by atoms with van der Waals surface area (Å²) in [7, 11) is -3.92. The van der Waals surface area contributed by atoms with Crippen molar-refractivity contribution in [3.8, 4) is 0 Å². The van der Waals surface area contributed by atoms with Crippen LogP contribution in [-0.4, -0.2) is 26.1 Å². The van der Waals surface area contributed by atoms with Gasteiger partial charge in [0, 0.05) is 8.95 Å². The van der Waals surface area contributed by atoms with Gasteiger partial charge in [0.05, 0.1) is 4.90 Å². The molecule has 0 amide bonds. The number of rotatable bonds is 5. The normalized spacial score (nSPS) is 11.4. The van der Waals surface area contributed by atoms with Crippen molar-refractivity contribution in [3.05, 3.63) is 27.1 Å². The maximum atomic E-state index is 11.7. The van der Waals surface area contributed by atoms with Crippen molar-refractivity contribution in [1.82, 2.24) is 4.89 Å². The van der Waals surface area contributed by atoms with Gasteiger partial charge >= 0.3 is 5.97 Å². The van der Waals surface area contributed by atoms with Crippen molar-refractivity contribution in [2.45, 2.75) is 4.90 Å². The van der Waals surface area contributed by atoms with Crippen LogP contribution in [0, 0.1) is 0 Å². The lowest BCUT2D eigenvalue weighted by Gasteiger charge is -2.07. The van der Waals surface area contributed by atoms with Crippen LogP contribution in [0.5, 0.6) is 0 Å². The zero-order chi connectivity index (χ0) is 13.1. The van der Waals surface area contributed by atoms with Gasteiger partial charge in [-0.3, -0.25) is 4.84 Å². The molecule has 0 radical (unpaired) electrons. The lowest BCUT2D eigenvalue weighted by atomic mass is 10.4. The van der Waals surface area contributed by atoms with E-state index in [0.717, 1.165) is 0 Å². The molecule has 9 heteroatoms. The van der Waals surface area contributed by atoms with Gasteiger partial charge in [0.2, 0.25) is 0 Å². The summed E-state index contributed by atoms with van der Waals surface area (Å²) >= 11 is 6.21. The average Bonchev–Trinajstić information content (AvgIpc) is 2.20. The van der Waals surface area contributed by atoms with Crippen molar-refractivity contribution in [2.24, 2.45) is 0 Å². The smallest absolute Gasteiger partial charge is 0.331 e. The third-order valence-electron chi connectivity index (χ3n) is 1.55. The number of hydrogen-bond donors (Lipinski definition) is 2. The molecule has 0 spiro atoms. The highest BCUT2D eigenvalue weighted by molar-refractivity contribution is 9.11. The third-order valence-corrected chi connectivity index (χ3v) is 4.25. The standard InChI is InChI=1S/C8H7Br2NO5S/c9-5-1-2-6(10)7(3-5)17(14,15)11-16-4-8(12)13/h1-3,11H,4H2,(H,12,13). The highest BCUT2D eigenvalue weighted by atomic mass is 79.9. The molecule has 0 heterocycles. The minimum atomic E-state index is -3.92. The van der Waals surface area contributed by atoms with Crippen LogP contribution in [0.15, 0.2) is 32.0 Å². The summed E-state index contributed by atoms with van der Waals surface area (Å²) in [4.78, 5) is 16.2. The number of carboxylic acids is 1. The van der Waals surface area contributed by atoms with Crippen LogP contribution in [0.2, 0.25) is 0 Å². The molecule has 0 bridgehead atoms. The molecule has 0 unspecified atom stereocenters. The molecule has 1 aromatic carbocycles. The van der Waals surface area contributed by atoms with E-state index in [9.17, 15) is 13.2 Å². The number of halogens is 2. The zero-order valence-electron chi connectivity index (χ0n) is 8.18. The van der Waals surface area contributed by atoms with Crippen molar-refractivity contribution in [1.29, 1.82) is 0 Å². The number of sulfonamides is 1. The van der Waals surface area contributed by atoms with Crippen molar-refractivity contribution < 1.29 is 23.2 Å². The van der Waals surface area contributed by atoms with Gasteiger partial charge in [0.25, 0.3) is 10.0 Å². The van der Waals surface area contributed by atoms with E-state index in [-0.39, 0.29) is 4.90 Å². The summed E-state index contributed by atoms with van der Waals surface area (Å²) in [5, 5.41) is 8.30. The first kappa shape index (κ1) is 14.6. The van der Waals surface area contributed by atoms with E-state index < -0.39 is 22.6 Å². The molecule has 0 aliphatic carbocycles. The molecule has 0 saturated heterocycles. The van der Waals surface area contributed by atoms with Gasteiger partial charge in [-0.15, -0.1) is 0 Å². The van der Waals surface area contributed by atoms with Gasteiger partial charge in [0.1, 0.15) is 0 Å². The van der Waals surface area contributed by atoms with Crippen LogP contribution >= 0.6 is 31.9 Å². The largest absolute Gasteiger partial charge is 0.479 e. The topological polar surface area (TPSA) is 92.7 Å². The Morgan fingerprint density at radius 3 is 2.65 bits per heavy atom. The Morgan fingerprint density at radius 1 is 1.41 bits per heavy atom. The molecule has 0 atom stereocenters. The van der Waals surface area contributed by atoms with Crippen molar-refractivity contribution in [2.75, 3.05) is 6.61 Å². The predicted octanol–water partition coefficient (Wildman–Crippen LogP) is 1.51. The van der Waals surface area contributed by atoms with Crippen LogP contribution < -0.4 is 4.89 Å². The lowest BCUT2D eigenvalue weighted by molar-refractivity contribution is -0.143. The van der Waals surface area contributed by atoms with Gasteiger partial charge < -0.3 is 5.11 Å². The Labute approximate surface area is 114 Å². The van der Waals surface area contributed by atoms with Gasteiger partial charge in [0.15, 0.2) is 6.61 Å². The van der Waals surface area contributed by atoms with Gasteiger partial charge in [-0.05, 0) is 34.1 Å². The number of benzene rings is 1. The van der Waals surface area contributed by atoms with E-state index in [1.807, 2.05) is 0 Å². The zero-order valence-corrected chi connectivity index (χ0v) is 12.2. The summed E-state index contributed by atoms with van der Waals surface area (Å²) in [5.41, 5.74) is 0. The fourth-order valence-corrected chi connectivity index (χ4v) is 3.21. The van der Waals surface area contributed by atoms with Crippen molar-refractivity contribution >= 4 is 47.9 Å². The molecular weight excluding hydrogens is 382 g/mol. The van der Waals surface area contributed by atoms with Crippen LogP contribution in [0.25, 0.3) is 0 Å². The van der Waals surface area contributed by atoms with Gasteiger partial charge in [-0.2, -0.15) is 0 Å². The summed E-state index contributed by atoms with van der Waals surface area (Å²) < 4.78 is 24.3. The van der Waals surface area contributed by atoms with Crippen LogP contribution in [0.4, 0.5) is 0 Å². The van der Waals surface area contributed by atoms with Crippen molar-refractivity contribution in [3.63, 3.8) is 0 Å².